The fraction of sp³-hybridized carbons (Fsp3) is 0.600. The van der Waals surface area contributed by atoms with E-state index in [-0.39, 0.29) is 30.2 Å². The highest BCUT2D eigenvalue weighted by Gasteiger charge is 2.31. The van der Waals surface area contributed by atoms with Crippen LogP contribution in [0.4, 0.5) is 0 Å². The zero-order valence-corrected chi connectivity index (χ0v) is 15.1. The van der Waals surface area contributed by atoms with Gasteiger partial charge in [-0.25, -0.2) is 0 Å². The molecule has 25 heavy (non-hydrogen) atoms. The molecule has 1 aliphatic rings. The zero-order chi connectivity index (χ0) is 18.2. The molecule has 1 amide bonds. The fourth-order valence-corrected chi connectivity index (χ4v) is 3.41. The van der Waals surface area contributed by atoms with Crippen molar-refractivity contribution < 1.29 is 19.4 Å². The molecule has 2 rings (SSSR count). The van der Waals surface area contributed by atoms with Crippen LogP contribution in [-0.4, -0.2) is 36.7 Å². The number of rotatable bonds is 8. The Hall–Kier alpha value is -1.88. The van der Waals surface area contributed by atoms with Crippen molar-refractivity contribution in [2.24, 2.45) is 23.7 Å². The smallest absolute Gasteiger partial charge is 0.308 e. The van der Waals surface area contributed by atoms with E-state index in [4.69, 9.17) is 4.74 Å². The van der Waals surface area contributed by atoms with Crippen molar-refractivity contribution >= 4 is 11.9 Å². The van der Waals surface area contributed by atoms with Gasteiger partial charge in [0, 0.05) is 25.7 Å². The van der Waals surface area contributed by atoms with Crippen molar-refractivity contribution in [3.8, 4) is 0 Å². The van der Waals surface area contributed by atoms with Crippen LogP contribution in [0.2, 0.25) is 0 Å². The maximum Gasteiger partial charge on any atom is 0.308 e. The first-order chi connectivity index (χ1) is 12.0. The molecule has 1 saturated heterocycles. The summed E-state index contributed by atoms with van der Waals surface area (Å²) in [5.74, 6) is -1.35. The lowest BCUT2D eigenvalue weighted by molar-refractivity contribution is -0.145. The summed E-state index contributed by atoms with van der Waals surface area (Å²) in [5, 5.41) is 12.4. The first kappa shape index (κ1) is 19.4. The van der Waals surface area contributed by atoms with Crippen LogP contribution in [0.25, 0.3) is 0 Å². The van der Waals surface area contributed by atoms with Gasteiger partial charge in [0.1, 0.15) is 0 Å². The summed E-state index contributed by atoms with van der Waals surface area (Å²) in [6.07, 6.45) is 2.15. The van der Waals surface area contributed by atoms with E-state index in [1.54, 1.807) is 0 Å². The minimum absolute atomic E-state index is 0.0582. The third kappa shape index (κ3) is 5.85. The normalized spacial score (nSPS) is 17.9. The second-order valence-electron chi connectivity index (χ2n) is 7.18. The highest BCUT2D eigenvalue weighted by Crippen LogP contribution is 2.24. The molecule has 1 aromatic carbocycles. The number of hydrogen-bond acceptors (Lipinski definition) is 3. The van der Waals surface area contributed by atoms with Gasteiger partial charge in [-0.15, -0.1) is 0 Å². The Kier molecular flexibility index (Phi) is 7.44. The van der Waals surface area contributed by atoms with Crippen LogP contribution >= 0.6 is 0 Å². The van der Waals surface area contributed by atoms with Crippen LogP contribution in [0.15, 0.2) is 30.3 Å². The number of carboxylic acids is 1. The SMILES string of the molecule is CC(C)C(Cc1ccccc1)C(=O)NCC(C(=O)O)C1CCOCC1. The largest absolute Gasteiger partial charge is 0.481 e. The van der Waals surface area contributed by atoms with Crippen molar-refractivity contribution in [3.63, 3.8) is 0 Å². The van der Waals surface area contributed by atoms with E-state index in [1.807, 2.05) is 44.2 Å². The Morgan fingerprint density at radius 1 is 1.20 bits per heavy atom. The van der Waals surface area contributed by atoms with Crippen molar-refractivity contribution in [1.82, 2.24) is 5.32 Å². The van der Waals surface area contributed by atoms with Crippen LogP contribution in [0.5, 0.6) is 0 Å². The van der Waals surface area contributed by atoms with Gasteiger partial charge in [0.05, 0.1) is 5.92 Å². The number of carboxylic acid groups (broad SMARTS) is 1. The summed E-state index contributed by atoms with van der Waals surface area (Å²) in [6, 6.07) is 9.93. The first-order valence-corrected chi connectivity index (χ1v) is 9.11. The average Bonchev–Trinajstić information content (AvgIpc) is 2.61. The highest BCUT2D eigenvalue weighted by molar-refractivity contribution is 5.80. The molecule has 2 atom stereocenters. The summed E-state index contributed by atoms with van der Waals surface area (Å²) in [4.78, 5) is 24.3. The molecule has 5 nitrogen and oxygen atoms in total. The maximum atomic E-state index is 12.7. The quantitative estimate of drug-likeness (QED) is 0.758. The van der Waals surface area contributed by atoms with Gasteiger partial charge >= 0.3 is 5.97 Å². The molecule has 1 fully saturated rings. The number of carbonyl (C=O) groups excluding carboxylic acids is 1. The Bertz CT molecular complexity index is 552. The van der Waals surface area contributed by atoms with Crippen LogP contribution in [0, 0.1) is 23.7 Å². The van der Waals surface area contributed by atoms with Gasteiger partial charge in [-0.2, -0.15) is 0 Å². The van der Waals surface area contributed by atoms with Crippen molar-refractivity contribution in [3.05, 3.63) is 35.9 Å². The molecule has 0 aromatic heterocycles. The van der Waals surface area contributed by atoms with E-state index in [0.717, 1.165) is 18.4 Å². The van der Waals surface area contributed by atoms with Gasteiger partial charge in [0.25, 0.3) is 0 Å². The monoisotopic (exact) mass is 347 g/mol. The summed E-state index contributed by atoms with van der Waals surface area (Å²) in [6.45, 7) is 5.45. The lowest BCUT2D eigenvalue weighted by Gasteiger charge is -2.28. The van der Waals surface area contributed by atoms with Crippen LogP contribution in [0.1, 0.15) is 32.3 Å². The lowest BCUT2D eigenvalue weighted by Crippen LogP contribution is -2.42. The van der Waals surface area contributed by atoms with Gasteiger partial charge in [0.15, 0.2) is 0 Å². The summed E-state index contributed by atoms with van der Waals surface area (Å²) in [7, 11) is 0. The molecule has 0 aliphatic carbocycles. The molecule has 1 heterocycles. The third-order valence-electron chi connectivity index (χ3n) is 5.09. The number of benzene rings is 1. The zero-order valence-electron chi connectivity index (χ0n) is 15.1. The maximum absolute atomic E-state index is 12.7. The number of hydrogen-bond donors (Lipinski definition) is 2. The Labute approximate surface area is 149 Å². The van der Waals surface area contributed by atoms with Crippen molar-refractivity contribution in [2.45, 2.75) is 33.1 Å². The highest BCUT2D eigenvalue weighted by atomic mass is 16.5. The Morgan fingerprint density at radius 3 is 2.40 bits per heavy atom. The van der Waals surface area contributed by atoms with Crippen molar-refractivity contribution in [1.29, 1.82) is 0 Å². The predicted molar refractivity (Wildman–Crippen MR) is 96.2 cm³/mol. The van der Waals surface area contributed by atoms with E-state index in [1.165, 1.54) is 0 Å². The van der Waals surface area contributed by atoms with E-state index < -0.39 is 11.9 Å². The van der Waals surface area contributed by atoms with Crippen LogP contribution in [-0.2, 0) is 20.7 Å². The second-order valence-corrected chi connectivity index (χ2v) is 7.18. The fourth-order valence-electron chi connectivity index (χ4n) is 3.41. The summed E-state index contributed by atoms with van der Waals surface area (Å²) >= 11 is 0. The second kappa shape index (κ2) is 9.56. The van der Waals surface area contributed by atoms with Crippen LogP contribution in [0.3, 0.4) is 0 Å². The summed E-state index contributed by atoms with van der Waals surface area (Å²) < 4.78 is 5.31. The van der Waals surface area contributed by atoms with Gasteiger partial charge in [-0.1, -0.05) is 44.2 Å². The number of nitrogens with one attached hydrogen (secondary N) is 1. The molecule has 0 bridgehead atoms. The van der Waals surface area contributed by atoms with E-state index in [0.29, 0.717) is 19.6 Å². The molecule has 1 aromatic rings. The third-order valence-corrected chi connectivity index (χ3v) is 5.09. The molecule has 1 aliphatic heterocycles. The molecule has 0 radical (unpaired) electrons. The average molecular weight is 347 g/mol. The van der Waals surface area contributed by atoms with Gasteiger partial charge in [-0.3, -0.25) is 9.59 Å². The summed E-state index contributed by atoms with van der Waals surface area (Å²) in [5.41, 5.74) is 1.12. The number of aliphatic carboxylic acids is 1. The minimum Gasteiger partial charge on any atom is -0.481 e. The number of carbonyl (C=O) groups is 2. The van der Waals surface area contributed by atoms with Gasteiger partial charge in [-0.05, 0) is 36.7 Å². The minimum atomic E-state index is -0.837. The molecule has 138 valence electrons. The van der Waals surface area contributed by atoms with E-state index >= 15 is 0 Å². The van der Waals surface area contributed by atoms with Crippen LogP contribution < -0.4 is 5.32 Å². The van der Waals surface area contributed by atoms with Gasteiger partial charge in [0.2, 0.25) is 5.91 Å². The molecular formula is C20H29NO4. The standard InChI is InChI=1S/C20H29NO4/c1-14(2)17(12-15-6-4-3-5-7-15)19(22)21-13-18(20(23)24)16-8-10-25-11-9-16/h3-7,14,16-18H,8-13H2,1-2H3,(H,21,22)(H,23,24). The predicted octanol–water partition coefficient (Wildman–Crippen LogP) is 2.74. The Morgan fingerprint density at radius 2 is 1.84 bits per heavy atom. The molecule has 5 heteroatoms. The first-order valence-electron chi connectivity index (χ1n) is 9.11. The molecule has 2 N–H and O–H groups in total. The number of ether oxygens (including phenoxy) is 1. The van der Waals surface area contributed by atoms with Gasteiger partial charge < -0.3 is 15.2 Å². The molecule has 2 unspecified atom stereocenters. The molecular weight excluding hydrogens is 318 g/mol. The van der Waals surface area contributed by atoms with E-state index in [9.17, 15) is 14.7 Å². The van der Waals surface area contributed by atoms with Crippen molar-refractivity contribution in [2.75, 3.05) is 19.8 Å². The Balaban J connectivity index is 1.95. The topological polar surface area (TPSA) is 75.6 Å². The molecule has 0 saturated carbocycles. The lowest BCUT2D eigenvalue weighted by atomic mass is 9.85. The van der Waals surface area contributed by atoms with E-state index in [2.05, 4.69) is 5.32 Å². The number of amides is 1. The molecule has 0 spiro atoms.